The Hall–Kier alpha value is -3.12. The summed E-state index contributed by atoms with van der Waals surface area (Å²) in [6, 6.07) is 9.17. The summed E-state index contributed by atoms with van der Waals surface area (Å²) in [5.41, 5.74) is 4.80. The van der Waals surface area contributed by atoms with E-state index in [1.165, 1.54) is 0 Å². The van der Waals surface area contributed by atoms with Crippen LogP contribution >= 0.6 is 0 Å². The smallest absolute Gasteiger partial charge is 0.229 e. The van der Waals surface area contributed by atoms with E-state index in [1.54, 1.807) is 18.4 Å². The van der Waals surface area contributed by atoms with Gasteiger partial charge in [0.15, 0.2) is 5.58 Å². The van der Waals surface area contributed by atoms with Crippen molar-refractivity contribution in [1.82, 2.24) is 10.6 Å². The van der Waals surface area contributed by atoms with E-state index in [4.69, 9.17) is 9.15 Å². The third kappa shape index (κ3) is 8.47. The first-order valence-corrected chi connectivity index (χ1v) is 16.6. The Balaban J connectivity index is 0.000000220. The quantitative estimate of drug-likeness (QED) is 0.205. The van der Waals surface area contributed by atoms with E-state index in [0.717, 1.165) is 85.3 Å². The van der Waals surface area contributed by atoms with E-state index in [2.05, 4.69) is 30.1 Å². The van der Waals surface area contributed by atoms with Gasteiger partial charge in [0.1, 0.15) is 17.4 Å². The van der Waals surface area contributed by atoms with Crippen molar-refractivity contribution in [2.24, 2.45) is 9.98 Å². The summed E-state index contributed by atoms with van der Waals surface area (Å²) in [7, 11) is -6.63. The molecule has 0 saturated heterocycles. The molecule has 0 spiro atoms. The van der Waals surface area contributed by atoms with Crippen LogP contribution in [0.25, 0.3) is 11.0 Å². The van der Waals surface area contributed by atoms with E-state index in [-0.39, 0.29) is 27.8 Å². The normalized spacial score (nSPS) is 15.4. The molecular weight excluding hydrogens is 675 g/mol. The van der Waals surface area contributed by atoms with Gasteiger partial charge >= 0.3 is 0 Å². The van der Waals surface area contributed by atoms with Gasteiger partial charge < -0.3 is 27.2 Å². The average Bonchev–Trinajstić information content (AvgIpc) is 3.68. The van der Waals surface area contributed by atoms with Gasteiger partial charge in [0.25, 0.3) is 0 Å². The molecule has 0 aliphatic carbocycles. The first kappa shape index (κ1) is 33.4. The summed E-state index contributed by atoms with van der Waals surface area (Å²) in [6.07, 6.45) is 6.05. The van der Waals surface area contributed by atoms with Crippen molar-refractivity contribution in [3.05, 3.63) is 60.7 Å². The predicted octanol–water partition coefficient (Wildman–Crippen LogP) is 2.33. The molecule has 3 aliphatic heterocycles. The standard InChI is InChI=1S/C13H17N3O3S.C13H15N3O3S.CH3.Pd/c2*1-20(17,18)16-11-3-2-9(8-12-14-5-6-15-12)10-4-7-19-13(10)11;;/h2-3,16H,4-8H2,1H3,(H,14,15);2-4,7,16H,5-6,8H2,1H3,(H,14,15);1H3;/q;;-1;. The fourth-order valence-electron chi connectivity index (χ4n) is 4.85. The van der Waals surface area contributed by atoms with E-state index in [9.17, 15) is 16.8 Å². The number of anilines is 2. The van der Waals surface area contributed by atoms with Crippen LogP contribution < -0.4 is 24.8 Å². The molecule has 3 aliphatic rings. The Labute approximate surface area is 260 Å². The van der Waals surface area contributed by atoms with Gasteiger partial charge in [-0.1, -0.05) is 12.1 Å². The molecule has 1 aromatic heterocycles. The number of furan rings is 1. The van der Waals surface area contributed by atoms with Crippen molar-refractivity contribution in [1.29, 1.82) is 0 Å². The zero-order valence-corrected chi connectivity index (χ0v) is 26.8. The summed E-state index contributed by atoms with van der Waals surface area (Å²) >= 11 is 0. The fraction of sp³-hybridized carbons (Fsp3) is 0.370. The largest absolute Gasteiger partial charge is 0.491 e. The van der Waals surface area contributed by atoms with Gasteiger partial charge in [0, 0.05) is 63.7 Å². The second-order valence-corrected chi connectivity index (χ2v) is 13.2. The summed E-state index contributed by atoms with van der Waals surface area (Å²) in [6.45, 7) is 3.98. The van der Waals surface area contributed by atoms with Crippen LogP contribution in [0.1, 0.15) is 16.7 Å². The van der Waals surface area contributed by atoms with Crippen LogP contribution in [0, 0.1) is 7.43 Å². The Morgan fingerprint density at radius 1 is 0.833 bits per heavy atom. The summed E-state index contributed by atoms with van der Waals surface area (Å²) in [4.78, 5) is 8.76. The van der Waals surface area contributed by atoms with Gasteiger partial charge in [-0.05, 0) is 29.3 Å². The number of nitrogens with one attached hydrogen (secondary N) is 4. The van der Waals surface area contributed by atoms with Gasteiger partial charge in [-0.15, -0.1) is 0 Å². The number of amidine groups is 2. The van der Waals surface area contributed by atoms with Crippen LogP contribution in [0.15, 0.2) is 51.0 Å². The first-order valence-electron chi connectivity index (χ1n) is 12.8. The molecule has 0 bridgehead atoms. The minimum Gasteiger partial charge on any atom is -0.491 e. The number of aliphatic imine (C=N–C) groups is 2. The molecule has 0 unspecified atom stereocenters. The number of fused-ring (bicyclic) bond motifs is 2. The molecule has 232 valence electrons. The van der Waals surface area contributed by atoms with Gasteiger partial charge in [-0.25, -0.2) is 16.8 Å². The molecule has 0 atom stereocenters. The molecule has 0 fully saturated rings. The molecule has 3 aromatic rings. The maximum atomic E-state index is 11.4. The zero-order chi connectivity index (χ0) is 28.3. The molecule has 12 nitrogen and oxygen atoms in total. The average molecular weight is 710 g/mol. The van der Waals surface area contributed by atoms with E-state index in [1.807, 2.05) is 18.2 Å². The van der Waals surface area contributed by atoms with Crippen LogP contribution in [-0.2, 0) is 59.7 Å². The van der Waals surface area contributed by atoms with Gasteiger partial charge in [0.2, 0.25) is 20.0 Å². The second kappa shape index (κ2) is 13.9. The SMILES string of the molecule is CS(=O)(=O)Nc1ccc(CC2=NCCN2)c2c1OCC2.CS(=O)(=O)Nc1ccc(CC2=NCCN2)c2ccoc12.[CH3-].[Pd]. The van der Waals surface area contributed by atoms with Gasteiger partial charge in [-0.3, -0.25) is 19.4 Å². The van der Waals surface area contributed by atoms with Crippen LogP contribution in [0.5, 0.6) is 5.75 Å². The molecule has 6 rings (SSSR count). The Morgan fingerprint density at radius 3 is 2.00 bits per heavy atom. The number of benzene rings is 2. The number of hydrogen-bond acceptors (Lipinski definition) is 10. The van der Waals surface area contributed by atoms with Crippen molar-refractivity contribution >= 4 is 54.1 Å². The van der Waals surface area contributed by atoms with E-state index in [0.29, 0.717) is 35.7 Å². The van der Waals surface area contributed by atoms with Gasteiger partial charge in [-0.2, -0.15) is 0 Å². The number of nitrogens with zero attached hydrogens (tertiary/aromatic N) is 2. The Bertz CT molecular complexity index is 1700. The molecule has 0 saturated carbocycles. The van der Waals surface area contributed by atoms with Crippen molar-refractivity contribution in [3.8, 4) is 5.75 Å². The molecule has 42 heavy (non-hydrogen) atoms. The Morgan fingerprint density at radius 2 is 1.40 bits per heavy atom. The van der Waals surface area contributed by atoms with E-state index < -0.39 is 20.0 Å². The monoisotopic (exact) mass is 709 g/mol. The van der Waals surface area contributed by atoms with E-state index >= 15 is 0 Å². The maximum Gasteiger partial charge on any atom is 0.229 e. The van der Waals surface area contributed by atoms with Crippen molar-refractivity contribution < 1.29 is 46.4 Å². The predicted molar refractivity (Wildman–Crippen MR) is 163 cm³/mol. The topological polar surface area (TPSA) is 163 Å². The molecule has 0 radical (unpaired) electrons. The number of ether oxygens (including phenoxy) is 1. The third-order valence-corrected chi connectivity index (χ3v) is 7.64. The molecule has 4 heterocycles. The third-order valence-electron chi connectivity index (χ3n) is 6.46. The minimum atomic E-state index is -3.33. The summed E-state index contributed by atoms with van der Waals surface area (Å²) in [5.74, 6) is 2.60. The molecule has 2 aromatic carbocycles. The molecule has 4 N–H and O–H groups in total. The molecule has 15 heteroatoms. The van der Waals surface area contributed by atoms with Gasteiger partial charge in [0.05, 0.1) is 49.8 Å². The first-order chi connectivity index (χ1) is 19.1. The summed E-state index contributed by atoms with van der Waals surface area (Å²) < 4.78 is 61.4. The number of rotatable bonds is 8. The van der Waals surface area contributed by atoms with Crippen molar-refractivity contribution in [2.45, 2.75) is 19.3 Å². The van der Waals surface area contributed by atoms with Crippen molar-refractivity contribution in [3.63, 3.8) is 0 Å². The van der Waals surface area contributed by atoms with Crippen LogP contribution in [0.3, 0.4) is 0 Å². The number of sulfonamides is 2. The molecular formula is C27H35N6O6PdS2-. The zero-order valence-electron chi connectivity index (χ0n) is 23.6. The maximum absolute atomic E-state index is 11.4. The fourth-order valence-corrected chi connectivity index (χ4v) is 5.97. The second-order valence-electron chi connectivity index (χ2n) is 9.73. The number of hydrogen-bond donors (Lipinski definition) is 4. The van der Waals surface area contributed by atoms with Crippen LogP contribution in [0.4, 0.5) is 11.4 Å². The Kier molecular flexibility index (Phi) is 11.1. The van der Waals surface area contributed by atoms with Crippen molar-refractivity contribution in [2.75, 3.05) is 54.7 Å². The van der Waals surface area contributed by atoms with Crippen LogP contribution in [-0.4, -0.2) is 73.8 Å². The minimum absolute atomic E-state index is 0. The summed E-state index contributed by atoms with van der Waals surface area (Å²) in [5, 5.41) is 7.37. The van der Waals surface area contributed by atoms with Crippen LogP contribution in [0.2, 0.25) is 0 Å². The molecule has 0 amide bonds.